The summed E-state index contributed by atoms with van der Waals surface area (Å²) >= 11 is 0. The molecule has 0 radical (unpaired) electrons. The van der Waals surface area contributed by atoms with Gasteiger partial charge in [0.1, 0.15) is 11.6 Å². The third kappa shape index (κ3) is 4.87. The van der Waals surface area contributed by atoms with E-state index in [1.54, 1.807) is 0 Å². The van der Waals surface area contributed by atoms with Crippen molar-refractivity contribution in [2.24, 2.45) is 5.41 Å². The number of hydrogen-bond acceptors (Lipinski definition) is 4. The molecule has 0 bridgehead atoms. The van der Waals surface area contributed by atoms with Crippen LogP contribution in [0.1, 0.15) is 70.7 Å². The van der Waals surface area contributed by atoms with Crippen LogP contribution in [0.3, 0.4) is 0 Å². The molecule has 0 unspecified atom stereocenters. The molecule has 0 saturated heterocycles. The highest BCUT2D eigenvalue weighted by Crippen LogP contribution is 2.40. The number of rotatable bonds is 7. The van der Waals surface area contributed by atoms with E-state index in [1.807, 2.05) is 6.92 Å². The van der Waals surface area contributed by atoms with Gasteiger partial charge in [0.05, 0.1) is 12.2 Å². The lowest BCUT2D eigenvalue weighted by Gasteiger charge is -2.19. The topological polar surface area (TPSA) is 47.0 Å². The van der Waals surface area contributed by atoms with Crippen molar-refractivity contribution in [3.05, 3.63) is 11.4 Å². The summed E-state index contributed by atoms with van der Waals surface area (Å²) in [6.45, 7) is 12.5. The fourth-order valence-electron chi connectivity index (χ4n) is 2.05. The maximum absolute atomic E-state index is 5.96. The number of anilines is 1. The molecule has 1 fully saturated rings. The van der Waals surface area contributed by atoms with Gasteiger partial charge < -0.3 is 10.1 Å². The van der Waals surface area contributed by atoms with Crippen LogP contribution in [-0.2, 0) is 0 Å². The van der Waals surface area contributed by atoms with Crippen molar-refractivity contribution >= 4 is 5.82 Å². The van der Waals surface area contributed by atoms with E-state index in [-0.39, 0.29) is 5.41 Å². The minimum absolute atomic E-state index is 0.281. The zero-order valence-electron chi connectivity index (χ0n) is 14.1. The Bertz CT molecular complexity index is 476. The van der Waals surface area contributed by atoms with Gasteiger partial charge in [-0.3, -0.25) is 0 Å². The third-order valence-corrected chi connectivity index (χ3v) is 3.69. The van der Waals surface area contributed by atoms with Gasteiger partial charge in [-0.05, 0) is 38.0 Å². The highest BCUT2D eigenvalue weighted by atomic mass is 16.5. The molecule has 21 heavy (non-hydrogen) atoms. The molecular weight excluding hydrogens is 262 g/mol. The fourth-order valence-corrected chi connectivity index (χ4v) is 2.05. The second-order valence-corrected chi connectivity index (χ2v) is 7.22. The molecule has 1 aliphatic rings. The Balaban J connectivity index is 2.11. The van der Waals surface area contributed by atoms with Crippen LogP contribution in [0.15, 0.2) is 0 Å². The van der Waals surface area contributed by atoms with Crippen LogP contribution in [-0.4, -0.2) is 23.1 Å². The summed E-state index contributed by atoms with van der Waals surface area (Å²) in [7, 11) is 0. The molecule has 1 aromatic heterocycles. The molecular formula is C17H29N3O. The van der Waals surface area contributed by atoms with Crippen LogP contribution in [0.25, 0.3) is 0 Å². The van der Waals surface area contributed by atoms with E-state index in [0.717, 1.165) is 42.5 Å². The molecule has 1 N–H and O–H groups in total. The molecule has 0 aliphatic heterocycles. The lowest BCUT2D eigenvalue weighted by molar-refractivity contribution is 0.234. The van der Waals surface area contributed by atoms with Gasteiger partial charge in [-0.1, -0.05) is 27.7 Å². The minimum atomic E-state index is 0.281. The average Bonchev–Trinajstić information content (AvgIpc) is 3.22. The maximum Gasteiger partial charge on any atom is 0.221 e. The van der Waals surface area contributed by atoms with Crippen molar-refractivity contribution in [1.82, 2.24) is 9.97 Å². The largest absolute Gasteiger partial charge is 0.477 e. The number of nitrogens with one attached hydrogen (secondary N) is 1. The Morgan fingerprint density at radius 3 is 2.52 bits per heavy atom. The van der Waals surface area contributed by atoms with Crippen molar-refractivity contribution in [2.45, 2.75) is 66.2 Å². The summed E-state index contributed by atoms with van der Waals surface area (Å²) in [5.74, 6) is 3.19. The summed E-state index contributed by atoms with van der Waals surface area (Å²) < 4.78 is 5.96. The molecule has 0 atom stereocenters. The van der Waals surface area contributed by atoms with Gasteiger partial charge in [0.15, 0.2) is 0 Å². The Hall–Kier alpha value is -1.32. The molecule has 1 aliphatic carbocycles. The summed E-state index contributed by atoms with van der Waals surface area (Å²) in [5.41, 5.74) is 1.31. The van der Waals surface area contributed by atoms with Gasteiger partial charge >= 0.3 is 0 Å². The molecule has 1 heterocycles. The van der Waals surface area contributed by atoms with Crippen LogP contribution in [0.4, 0.5) is 5.82 Å². The van der Waals surface area contributed by atoms with Crippen LogP contribution >= 0.6 is 0 Å². The first-order chi connectivity index (χ1) is 9.90. The zero-order valence-corrected chi connectivity index (χ0v) is 14.1. The van der Waals surface area contributed by atoms with E-state index in [1.165, 1.54) is 12.8 Å². The molecule has 1 aromatic rings. The van der Waals surface area contributed by atoms with Crippen molar-refractivity contribution < 1.29 is 4.74 Å². The van der Waals surface area contributed by atoms with Crippen LogP contribution in [0.5, 0.6) is 5.88 Å². The predicted octanol–water partition coefficient (Wildman–Crippen LogP) is 4.30. The van der Waals surface area contributed by atoms with E-state index >= 15 is 0 Å². The first-order valence-electron chi connectivity index (χ1n) is 8.16. The molecule has 118 valence electrons. The molecule has 1 saturated carbocycles. The molecule has 0 spiro atoms. The summed E-state index contributed by atoms with van der Waals surface area (Å²) in [5, 5.41) is 3.40. The number of hydrogen-bond donors (Lipinski definition) is 1. The van der Waals surface area contributed by atoms with Gasteiger partial charge in [0.2, 0.25) is 5.88 Å². The predicted molar refractivity (Wildman–Crippen MR) is 87.1 cm³/mol. The number of nitrogens with zero attached hydrogens (tertiary/aromatic N) is 2. The minimum Gasteiger partial charge on any atom is -0.477 e. The molecule has 4 nitrogen and oxygen atoms in total. The highest BCUT2D eigenvalue weighted by molar-refractivity contribution is 5.49. The Kier molecular flexibility index (Phi) is 5.07. The average molecular weight is 291 g/mol. The first-order valence-corrected chi connectivity index (χ1v) is 8.16. The van der Waals surface area contributed by atoms with Gasteiger partial charge in [0, 0.05) is 12.5 Å². The van der Waals surface area contributed by atoms with Crippen molar-refractivity contribution in [2.75, 3.05) is 18.5 Å². The third-order valence-electron chi connectivity index (χ3n) is 3.69. The summed E-state index contributed by atoms with van der Waals surface area (Å²) in [6.07, 6.45) is 4.52. The monoisotopic (exact) mass is 291 g/mol. The SMILES string of the molecule is CCCNc1nc(C2CC2)nc(OCCC(C)(C)C)c1C. The van der Waals surface area contributed by atoms with Gasteiger partial charge in [-0.2, -0.15) is 4.98 Å². The lowest BCUT2D eigenvalue weighted by atomic mass is 9.93. The quantitative estimate of drug-likeness (QED) is 0.813. The van der Waals surface area contributed by atoms with E-state index in [9.17, 15) is 0 Å². The number of ether oxygens (including phenoxy) is 1. The second-order valence-electron chi connectivity index (χ2n) is 7.22. The van der Waals surface area contributed by atoms with Crippen molar-refractivity contribution in [3.8, 4) is 5.88 Å². The highest BCUT2D eigenvalue weighted by Gasteiger charge is 2.28. The molecule has 0 aromatic carbocycles. The van der Waals surface area contributed by atoms with Gasteiger partial charge in [0.25, 0.3) is 0 Å². The second kappa shape index (κ2) is 6.63. The number of aromatic nitrogens is 2. The summed E-state index contributed by atoms with van der Waals surface area (Å²) in [6, 6.07) is 0. The maximum atomic E-state index is 5.96. The van der Waals surface area contributed by atoms with Crippen LogP contribution < -0.4 is 10.1 Å². The zero-order chi connectivity index (χ0) is 15.5. The van der Waals surface area contributed by atoms with Crippen LogP contribution in [0, 0.1) is 12.3 Å². The van der Waals surface area contributed by atoms with E-state index < -0.39 is 0 Å². The Labute approximate surface area is 128 Å². The van der Waals surface area contributed by atoms with E-state index in [0.29, 0.717) is 12.5 Å². The standard InChI is InChI=1S/C17H29N3O/c1-6-10-18-14-12(2)16(21-11-9-17(3,4)5)20-15(19-14)13-7-8-13/h13H,6-11H2,1-5H3,(H,18,19,20). The Morgan fingerprint density at radius 1 is 1.24 bits per heavy atom. The fraction of sp³-hybridized carbons (Fsp3) is 0.765. The lowest BCUT2D eigenvalue weighted by Crippen LogP contribution is -2.14. The van der Waals surface area contributed by atoms with E-state index in [4.69, 9.17) is 4.74 Å². The Morgan fingerprint density at radius 2 is 1.95 bits per heavy atom. The molecule has 0 amide bonds. The molecule has 4 heteroatoms. The van der Waals surface area contributed by atoms with Crippen LogP contribution in [0.2, 0.25) is 0 Å². The smallest absolute Gasteiger partial charge is 0.221 e. The van der Waals surface area contributed by atoms with E-state index in [2.05, 4.69) is 43.0 Å². The summed E-state index contributed by atoms with van der Waals surface area (Å²) in [4.78, 5) is 9.34. The van der Waals surface area contributed by atoms with Gasteiger partial charge in [-0.25, -0.2) is 4.98 Å². The van der Waals surface area contributed by atoms with Crippen molar-refractivity contribution in [1.29, 1.82) is 0 Å². The van der Waals surface area contributed by atoms with Gasteiger partial charge in [-0.15, -0.1) is 0 Å². The molecule has 2 rings (SSSR count). The van der Waals surface area contributed by atoms with Crippen molar-refractivity contribution in [3.63, 3.8) is 0 Å². The normalized spacial score (nSPS) is 15.1. The first kappa shape index (κ1) is 16.1.